The van der Waals surface area contributed by atoms with E-state index < -0.39 is 0 Å². The Morgan fingerprint density at radius 1 is 1.41 bits per heavy atom. The number of hydrogen-bond donors (Lipinski definition) is 1. The Bertz CT molecular complexity index is 386. The highest BCUT2D eigenvalue weighted by Crippen LogP contribution is 2.38. The second kappa shape index (κ2) is 4.77. The maximum atomic E-state index is 13.2. The van der Waals surface area contributed by atoms with E-state index >= 15 is 0 Å². The van der Waals surface area contributed by atoms with E-state index in [2.05, 4.69) is 26.1 Å². The van der Waals surface area contributed by atoms with Crippen LogP contribution in [0.5, 0.6) is 0 Å². The normalized spacial score (nSPS) is 24.8. The molecule has 2 heteroatoms. The van der Waals surface area contributed by atoms with Crippen LogP contribution in [0.2, 0.25) is 0 Å². The Morgan fingerprint density at radius 3 is 2.76 bits per heavy atom. The lowest BCUT2D eigenvalue weighted by Gasteiger charge is -2.31. The Hall–Kier alpha value is -0.890. The van der Waals surface area contributed by atoms with Gasteiger partial charge >= 0.3 is 0 Å². The molecule has 0 saturated heterocycles. The first-order valence-electron chi connectivity index (χ1n) is 6.50. The fourth-order valence-corrected chi connectivity index (χ4v) is 2.81. The fourth-order valence-electron chi connectivity index (χ4n) is 2.81. The molecular formula is C15H22FN. The average molecular weight is 235 g/mol. The summed E-state index contributed by atoms with van der Waals surface area (Å²) in [5.41, 5.74) is 1.40. The molecule has 0 spiro atoms. The predicted octanol–water partition coefficient (Wildman–Crippen LogP) is 4.06. The zero-order valence-electron chi connectivity index (χ0n) is 11.0. The summed E-state index contributed by atoms with van der Waals surface area (Å²) in [7, 11) is 0. The van der Waals surface area contributed by atoms with Gasteiger partial charge in [0.15, 0.2) is 0 Å². The van der Waals surface area contributed by atoms with Gasteiger partial charge in [-0.25, -0.2) is 4.39 Å². The first kappa shape index (κ1) is 12.6. The Labute approximate surface area is 103 Å². The van der Waals surface area contributed by atoms with Crippen molar-refractivity contribution in [3.63, 3.8) is 0 Å². The molecule has 1 aliphatic rings. The van der Waals surface area contributed by atoms with Gasteiger partial charge < -0.3 is 5.32 Å². The van der Waals surface area contributed by atoms with Gasteiger partial charge in [-0.2, -0.15) is 0 Å². The summed E-state index contributed by atoms with van der Waals surface area (Å²) in [4.78, 5) is 0. The summed E-state index contributed by atoms with van der Waals surface area (Å²) < 4.78 is 13.2. The largest absolute Gasteiger partial charge is 0.307 e. The molecule has 0 aliphatic heterocycles. The van der Waals surface area contributed by atoms with Crippen LogP contribution in [0, 0.1) is 11.2 Å². The van der Waals surface area contributed by atoms with Gasteiger partial charge in [-0.05, 0) is 42.9 Å². The van der Waals surface area contributed by atoms with Crippen LogP contribution in [0.4, 0.5) is 4.39 Å². The van der Waals surface area contributed by atoms with Crippen molar-refractivity contribution in [1.29, 1.82) is 0 Å². The van der Waals surface area contributed by atoms with E-state index in [0.717, 1.165) is 5.56 Å². The molecule has 2 unspecified atom stereocenters. The van der Waals surface area contributed by atoms with Crippen molar-refractivity contribution in [1.82, 2.24) is 5.32 Å². The molecule has 0 bridgehead atoms. The highest BCUT2D eigenvalue weighted by atomic mass is 19.1. The van der Waals surface area contributed by atoms with Gasteiger partial charge in [0.1, 0.15) is 5.82 Å². The number of halogens is 1. The van der Waals surface area contributed by atoms with Crippen LogP contribution in [-0.2, 0) is 0 Å². The molecule has 1 N–H and O–H groups in total. The van der Waals surface area contributed by atoms with Gasteiger partial charge in [-0.1, -0.05) is 32.4 Å². The molecule has 0 heterocycles. The molecule has 1 aromatic rings. The van der Waals surface area contributed by atoms with Crippen LogP contribution in [0.25, 0.3) is 0 Å². The van der Waals surface area contributed by atoms with Gasteiger partial charge in [0.25, 0.3) is 0 Å². The van der Waals surface area contributed by atoms with Crippen molar-refractivity contribution >= 4 is 0 Å². The number of nitrogens with one attached hydrogen (secondary N) is 1. The van der Waals surface area contributed by atoms with Crippen molar-refractivity contribution in [2.45, 2.75) is 52.1 Å². The Kier molecular flexibility index (Phi) is 3.53. The lowest BCUT2D eigenvalue weighted by atomic mass is 9.86. The smallest absolute Gasteiger partial charge is 0.123 e. The van der Waals surface area contributed by atoms with Crippen molar-refractivity contribution in [2.75, 3.05) is 0 Å². The average Bonchev–Trinajstić information content (AvgIpc) is 2.58. The minimum atomic E-state index is -0.151. The maximum absolute atomic E-state index is 13.2. The third kappa shape index (κ3) is 2.86. The third-order valence-electron chi connectivity index (χ3n) is 4.06. The summed E-state index contributed by atoms with van der Waals surface area (Å²) in [5, 5.41) is 3.65. The Balaban J connectivity index is 2.04. The first-order valence-corrected chi connectivity index (χ1v) is 6.50. The van der Waals surface area contributed by atoms with Gasteiger partial charge in [-0.15, -0.1) is 0 Å². The molecule has 1 fully saturated rings. The van der Waals surface area contributed by atoms with Crippen LogP contribution >= 0.6 is 0 Å². The summed E-state index contributed by atoms with van der Waals surface area (Å²) in [5.74, 6) is -0.151. The SMILES string of the molecule is CC(NC1CCCC1(C)C)c1cccc(F)c1. The van der Waals surface area contributed by atoms with E-state index in [1.165, 1.54) is 25.3 Å². The fraction of sp³-hybridized carbons (Fsp3) is 0.600. The molecule has 0 amide bonds. The molecule has 17 heavy (non-hydrogen) atoms. The Morgan fingerprint density at radius 2 is 2.18 bits per heavy atom. The summed E-state index contributed by atoms with van der Waals surface area (Å²) in [6, 6.07) is 7.65. The van der Waals surface area contributed by atoms with E-state index in [1.54, 1.807) is 12.1 Å². The molecular weight excluding hydrogens is 213 g/mol. The molecule has 2 rings (SSSR count). The van der Waals surface area contributed by atoms with Crippen molar-refractivity contribution in [2.24, 2.45) is 5.41 Å². The second-order valence-corrected chi connectivity index (χ2v) is 5.88. The van der Waals surface area contributed by atoms with E-state index in [9.17, 15) is 4.39 Å². The van der Waals surface area contributed by atoms with Crippen LogP contribution in [0.3, 0.4) is 0 Å². The molecule has 0 aromatic heterocycles. The summed E-state index contributed by atoms with van der Waals surface area (Å²) in [6.45, 7) is 6.75. The van der Waals surface area contributed by atoms with Gasteiger partial charge in [0, 0.05) is 12.1 Å². The van der Waals surface area contributed by atoms with Crippen LogP contribution < -0.4 is 5.32 Å². The zero-order chi connectivity index (χ0) is 12.5. The molecule has 0 radical (unpaired) electrons. The quantitative estimate of drug-likeness (QED) is 0.833. The van der Waals surface area contributed by atoms with E-state index in [-0.39, 0.29) is 11.9 Å². The molecule has 1 aliphatic carbocycles. The van der Waals surface area contributed by atoms with E-state index in [1.807, 2.05) is 6.07 Å². The van der Waals surface area contributed by atoms with Gasteiger partial charge in [0.2, 0.25) is 0 Å². The topological polar surface area (TPSA) is 12.0 Å². The lowest BCUT2D eigenvalue weighted by molar-refractivity contribution is 0.266. The molecule has 1 aromatic carbocycles. The molecule has 94 valence electrons. The first-order chi connectivity index (χ1) is 7.99. The maximum Gasteiger partial charge on any atom is 0.123 e. The van der Waals surface area contributed by atoms with Crippen LogP contribution in [0.15, 0.2) is 24.3 Å². The highest BCUT2D eigenvalue weighted by molar-refractivity contribution is 5.19. The zero-order valence-corrected chi connectivity index (χ0v) is 11.0. The van der Waals surface area contributed by atoms with Crippen molar-refractivity contribution < 1.29 is 4.39 Å². The van der Waals surface area contributed by atoms with E-state index in [0.29, 0.717) is 11.5 Å². The molecule has 1 nitrogen and oxygen atoms in total. The predicted molar refractivity (Wildman–Crippen MR) is 69.4 cm³/mol. The van der Waals surface area contributed by atoms with Gasteiger partial charge in [-0.3, -0.25) is 0 Å². The lowest BCUT2D eigenvalue weighted by Crippen LogP contribution is -2.39. The number of rotatable bonds is 3. The standard InChI is InChI=1S/C15H22FN/c1-11(12-6-4-7-13(16)10-12)17-14-8-5-9-15(14,2)3/h4,6-7,10-11,14,17H,5,8-9H2,1-3H3. The van der Waals surface area contributed by atoms with Crippen molar-refractivity contribution in [3.05, 3.63) is 35.6 Å². The summed E-state index contributed by atoms with van der Waals surface area (Å²) >= 11 is 0. The van der Waals surface area contributed by atoms with E-state index in [4.69, 9.17) is 0 Å². The number of hydrogen-bond acceptors (Lipinski definition) is 1. The number of benzene rings is 1. The van der Waals surface area contributed by atoms with Gasteiger partial charge in [0.05, 0.1) is 0 Å². The monoisotopic (exact) mass is 235 g/mol. The minimum absolute atomic E-state index is 0.151. The minimum Gasteiger partial charge on any atom is -0.307 e. The third-order valence-corrected chi connectivity index (χ3v) is 4.06. The molecule has 1 saturated carbocycles. The summed E-state index contributed by atoms with van der Waals surface area (Å²) in [6.07, 6.45) is 3.80. The van der Waals surface area contributed by atoms with Crippen molar-refractivity contribution in [3.8, 4) is 0 Å². The highest BCUT2D eigenvalue weighted by Gasteiger charge is 2.34. The molecule has 2 atom stereocenters. The van der Waals surface area contributed by atoms with Crippen LogP contribution in [-0.4, -0.2) is 6.04 Å². The van der Waals surface area contributed by atoms with Crippen LogP contribution in [0.1, 0.15) is 51.6 Å². The second-order valence-electron chi connectivity index (χ2n) is 5.88.